The van der Waals surface area contributed by atoms with E-state index in [-0.39, 0.29) is 6.04 Å². The number of hydrogen-bond donors (Lipinski definition) is 1. The van der Waals surface area contributed by atoms with Gasteiger partial charge in [0.2, 0.25) is 5.89 Å². The van der Waals surface area contributed by atoms with Gasteiger partial charge in [-0.05, 0) is 36.6 Å². The molecule has 1 atom stereocenters. The van der Waals surface area contributed by atoms with Crippen LogP contribution < -0.4 is 10.5 Å². The molecule has 0 saturated heterocycles. The quantitative estimate of drug-likeness (QED) is 0.752. The summed E-state index contributed by atoms with van der Waals surface area (Å²) in [6, 6.07) is 17.8. The molecule has 0 unspecified atom stereocenters. The summed E-state index contributed by atoms with van der Waals surface area (Å²) in [6.07, 6.45) is 2.37. The number of ether oxygens (including phenoxy) is 1. The van der Waals surface area contributed by atoms with Crippen LogP contribution >= 0.6 is 0 Å². The van der Waals surface area contributed by atoms with Gasteiger partial charge in [0.25, 0.3) is 0 Å². The van der Waals surface area contributed by atoms with E-state index >= 15 is 0 Å². The van der Waals surface area contributed by atoms with Crippen molar-refractivity contribution in [2.75, 3.05) is 0 Å². The molecule has 0 radical (unpaired) electrons. The highest BCUT2D eigenvalue weighted by molar-refractivity contribution is 5.28. The highest BCUT2D eigenvalue weighted by Crippen LogP contribution is 2.19. The van der Waals surface area contributed by atoms with Gasteiger partial charge in [0.05, 0.1) is 12.2 Å². The van der Waals surface area contributed by atoms with E-state index in [1.807, 2.05) is 61.5 Å². The van der Waals surface area contributed by atoms with E-state index in [0.29, 0.717) is 18.9 Å². The number of nitrogens with two attached hydrogens (primary N) is 1. The van der Waals surface area contributed by atoms with Gasteiger partial charge in [0, 0.05) is 0 Å². The minimum absolute atomic E-state index is 0.236. The van der Waals surface area contributed by atoms with Crippen LogP contribution in [0, 0.1) is 6.92 Å². The molecule has 0 fully saturated rings. The van der Waals surface area contributed by atoms with Crippen LogP contribution in [0.4, 0.5) is 0 Å². The van der Waals surface area contributed by atoms with Gasteiger partial charge in [-0.25, -0.2) is 4.98 Å². The number of benzene rings is 2. The summed E-state index contributed by atoms with van der Waals surface area (Å²) in [5.74, 6) is 2.20. The van der Waals surface area contributed by atoms with Crippen molar-refractivity contribution in [3.05, 3.63) is 83.6 Å². The molecule has 0 aliphatic carbocycles. The number of nitrogens with zero attached hydrogens (tertiary/aromatic N) is 1. The molecule has 2 aromatic carbocycles. The molecule has 0 aliphatic rings. The summed E-state index contributed by atoms with van der Waals surface area (Å²) in [7, 11) is 0. The van der Waals surface area contributed by atoms with E-state index < -0.39 is 0 Å². The van der Waals surface area contributed by atoms with Gasteiger partial charge in [-0.1, -0.05) is 42.5 Å². The molecule has 4 nitrogen and oxygen atoms in total. The second kappa shape index (κ2) is 7.11. The van der Waals surface area contributed by atoms with Crippen LogP contribution in [0.3, 0.4) is 0 Å². The molecular formula is C19H20N2O2. The lowest BCUT2D eigenvalue weighted by Crippen LogP contribution is -2.13. The second-order valence-corrected chi connectivity index (χ2v) is 5.54. The molecular weight excluding hydrogens is 288 g/mol. The van der Waals surface area contributed by atoms with Gasteiger partial charge in [0.1, 0.15) is 18.1 Å². The van der Waals surface area contributed by atoms with Crippen LogP contribution in [-0.2, 0) is 13.0 Å². The van der Waals surface area contributed by atoms with Gasteiger partial charge < -0.3 is 14.9 Å². The average Bonchev–Trinajstić information content (AvgIpc) is 3.02. The Kier molecular flexibility index (Phi) is 4.74. The first-order chi connectivity index (χ1) is 11.2. The van der Waals surface area contributed by atoms with Gasteiger partial charge >= 0.3 is 0 Å². The summed E-state index contributed by atoms with van der Waals surface area (Å²) in [4.78, 5) is 4.18. The molecule has 2 N–H and O–H groups in total. The smallest absolute Gasteiger partial charge is 0.211 e. The van der Waals surface area contributed by atoms with Crippen molar-refractivity contribution in [2.45, 2.75) is 26.0 Å². The monoisotopic (exact) mass is 308 g/mol. The Morgan fingerprint density at radius 3 is 2.43 bits per heavy atom. The summed E-state index contributed by atoms with van der Waals surface area (Å²) in [5, 5.41) is 0. The average molecular weight is 308 g/mol. The SMILES string of the molecule is Cc1cnc([C@@H](N)Cc2ccc(OCc3ccccc3)cc2)o1. The Morgan fingerprint density at radius 1 is 1.04 bits per heavy atom. The summed E-state index contributed by atoms with van der Waals surface area (Å²) >= 11 is 0. The normalized spacial score (nSPS) is 12.1. The number of aryl methyl sites for hydroxylation is 1. The fourth-order valence-corrected chi connectivity index (χ4v) is 2.35. The van der Waals surface area contributed by atoms with Crippen LogP contribution in [0.15, 0.2) is 65.2 Å². The number of hydrogen-bond acceptors (Lipinski definition) is 4. The first-order valence-electron chi connectivity index (χ1n) is 7.64. The van der Waals surface area contributed by atoms with E-state index in [9.17, 15) is 0 Å². The third kappa shape index (κ3) is 4.20. The maximum atomic E-state index is 6.13. The van der Waals surface area contributed by atoms with E-state index in [2.05, 4.69) is 4.98 Å². The van der Waals surface area contributed by atoms with E-state index in [1.165, 1.54) is 0 Å². The van der Waals surface area contributed by atoms with Gasteiger partial charge in [-0.15, -0.1) is 0 Å². The molecule has 3 rings (SSSR count). The topological polar surface area (TPSA) is 61.3 Å². The minimum atomic E-state index is -0.236. The molecule has 0 amide bonds. The molecule has 23 heavy (non-hydrogen) atoms. The Hall–Kier alpha value is -2.59. The van der Waals surface area contributed by atoms with Crippen molar-refractivity contribution >= 4 is 0 Å². The fraction of sp³-hybridized carbons (Fsp3) is 0.211. The zero-order valence-electron chi connectivity index (χ0n) is 13.1. The third-order valence-corrected chi connectivity index (χ3v) is 3.58. The first kappa shape index (κ1) is 15.3. The van der Waals surface area contributed by atoms with Crippen LogP contribution in [0.25, 0.3) is 0 Å². The molecule has 0 bridgehead atoms. The summed E-state index contributed by atoms with van der Waals surface area (Å²) in [5.41, 5.74) is 8.40. The summed E-state index contributed by atoms with van der Waals surface area (Å²) < 4.78 is 11.2. The Morgan fingerprint density at radius 2 is 1.78 bits per heavy atom. The number of rotatable bonds is 6. The lowest BCUT2D eigenvalue weighted by Gasteiger charge is -2.10. The maximum Gasteiger partial charge on any atom is 0.211 e. The zero-order chi connectivity index (χ0) is 16.1. The standard InChI is InChI=1S/C19H20N2O2/c1-14-12-21-19(23-14)18(20)11-15-7-9-17(10-8-15)22-13-16-5-3-2-4-6-16/h2-10,12,18H,11,13,20H2,1H3/t18-/m0/s1. The summed E-state index contributed by atoms with van der Waals surface area (Å²) in [6.45, 7) is 2.43. The predicted molar refractivity (Wildman–Crippen MR) is 89.1 cm³/mol. The highest BCUT2D eigenvalue weighted by atomic mass is 16.5. The van der Waals surface area contributed by atoms with E-state index in [1.54, 1.807) is 6.20 Å². The van der Waals surface area contributed by atoms with Crippen molar-refractivity contribution in [1.29, 1.82) is 0 Å². The molecule has 0 aliphatic heterocycles. The van der Waals surface area contributed by atoms with Gasteiger partial charge in [-0.2, -0.15) is 0 Å². The molecule has 0 spiro atoms. The largest absolute Gasteiger partial charge is 0.489 e. The van der Waals surface area contributed by atoms with Crippen molar-refractivity contribution in [1.82, 2.24) is 4.98 Å². The highest BCUT2D eigenvalue weighted by Gasteiger charge is 2.12. The number of oxazole rings is 1. The Bertz CT molecular complexity index is 736. The third-order valence-electron chi connectivity index (χ3n) is 3.58. The predicted octanol–water partition coefficient (Wildman–Crippen LogP) is 3.80. The van der Waals surface area contributed by atoms with Crippen LogP contribution in [0.5, 0.6) is 5.75 Å². The van der Waals surface area contributed by atoms with Crippen LogP contribution in [-0.4, -0.2) is 4.98 Å². The maximum absolute atomic E-state index is 6.13. The van der Waals surface area contributed by atoms with Gasteiger partial charge in [-0.3, -0.25) is 0 Å². The van der Waals surface area contributed by atoms with Crippen molar-refractivity contribution in [3.63, 3.8) is 0 Å². The zero-order valence-corrected chi connectivity index (χ0v) is 13.1. The van der Waals surface area contributed by atoms with Crippen LogP contribution in [0.1, 0.15) is 28.8 Å². The van der Waals surface area contributed by atoms with Crippen molar-refractivity contribution in [2.24, 2.45) is 5.73 Å². The lowest BCUT2D eigenvalue weighted by molar-refractivity contribution is 0.306. The van der Waals surface area contributed by atoms with E-state index in [4.69, 9.17) is 14.9 Å². The van der Waals surface area contributed by atoms with Crippen LogP contribution in [0.2, 0.25) is 0 Å². The Balaban J connectivity index is 1.56. The lowest BCUT2D eigenvalue weighted by atomic mass is 10.1. The molecule has 1 heterocycles. The second-order valence-electron chi connectivity index (χ2n) is 5.54. The van der Waals surface area contributed by atoms with Gasteiger partial charge in [0.15, 0.2) is 0 Å². The molecule has 0 saturated carbocycles. The molecule has 4 heteroatoms. The fourth-order valence-electron chi connectivity index (χ4n) is 2.35. The first-order valence-corrected chi connectivity index (χ1v) is 7.64. The van der Waals surface area contributed by atoms with E-state index in [0.717, 1.165) is 22.6 Å². The van der Waals surface area contributed by atoms with Crippen molar-refractivity contribution in [3.8, 4) is 5.75 Å². The molecule has 3 aromatic rings. The number of aromatic nitrogens is 1. The molecule has 118 valence electrons. The van der Waals surface area contributed by atoms with Crippen molar-refractivity contribution < 1.29 is 9.15 Å². The Labute approximate surface area is 135 Å². The molecule has 1 aromatic heterocycles. The minimum Gasteiger partial charge on any atom is -0.489 e.